The average molecular weight is 417 g/mol. The average Bonchev–Trinajstić information content (AvgIpc) is 3.14. The first-order valence-corrected chi connectivity index (χ1v) is 11.2. The van der Waals surface area contributed by atoms with Crippen molar-refractivity contribution in [1.82, 2.24) is 4.98 Å². The summed E-state index contributed by atoms with van der Waals surface area (Å²) in [6.45, 7) is 3.49. The molecule has 2 aromatic carbocycles. The highest BCUT2D eigenvalue weighted by atomic mass is 32.2. The number of hydrogen-bond acceptors (Lipinski definition) is 5. The van der Waals surface area contributed by atoms with E-state index in [1.807, 2.05) is 47.6 Å². The van der Waals surface area contributed by atoms with Crippen molar-refractivity contribution in [3.05, 3.63) is 47.5 Å². The van der Waals surface area contributed by atoms with E-state index in [0.717, 1.165) is 33.0 Å². The molecule has 5 nitrogen and oxygen atoms in total. The van der Waals surface area contributed by atoms with Crippen molar-refractivity contribution in [2.45, 2.75) is 11.8 Å². The Morgan fingerprint density at radius 3 is 2.68 bits per heavy atom. The number of methoxy groups -OCH3 is 1. The van der Waals surface area contributed by atoms with Gasteiger partial charge < -0.3 is 9.64 Å². The molecular weight excluding hydrogens is 390 g/mol. The molecule has 1 heterocycles. The van der Waals surface area contributed by atoms with Gasteiger partial charge in [0.1, 0.15) is 11.3 Å². The Morgan fingerprint density at radius 2 is 2.00 bits per heavy atom. The van der Waals surface area contributed by atoms with Crippen LogP contribution in [0, 0.1) is 6.92 Å². The lowest BCUT2D eigenvalue weighted by Crippen LogP contribution is -3.06. The van der Waals surface area contributed by atoms with Gasteiger partial charge in [-0.25, -0.2) is 4.98 Å². The first-order valence-electron chi connectivity index (χ1n) is 9.14. The minimum Gasteiger partial charge on any atom is -0.494 e. The van der Waals surface area contributed by atoms with Gasteiger partial charge in [0.2, 0.25) is 0 Å². The third-order valence-electron chi connectivity index (χ3n) is 4.56. The molecule has 0 atom stereocenters. The molecule has 3 aromatic rings. The lowest BCUT2D eigenvalue weighted by molar-refractivity contribution is -0.856. The van der Waals surface area contributed by atoms with Crippen molar-refractivity contribution in [2.75, 3.05) is 45.5 Å². The van der Waals surface area contributed by atoms with E-state index in [1.54, 1.807) is 30.2 Å². The summed E-state index contributed by atoms with van der Waals surface area (Å²) < 4.78 is 6.55. The highest BCUT2D eigenvalue weighted by Crippen LogP contribution is 2.37. The lowest BCUT2D eigenvalue weighted by atomic mass is 10.2. The van der Waals surface area contributed by atoms with Crippen LogP contribution in [-0.2, 0) is 0 Å². The van der Waals surface area contributed by atoms with Crippen molar-refractivity contribution in [3.8, 4) is 5.75 Å². The van der Waals surface area contributed by atoms with Gasteiger partial charge in [0.25, 0.3) is 5.91 Å². The van der Waals surface area contributed by atoms with Gasteiger partial charge in [-0.3, -0.25) is 9.69 Å². The van der Waals surface area contributed by atoms with Crippen LogP contribution in [0.2, 0.25) is 0 Å². The molecule has 1 N–H and O–H groups in total. The number of hydrogen-bond donors (Lipinski definition) is 1. The number of thioether (sulfide) groups is 1. The van der Waals surface area contributed by atoms with Crippen LogP contribution in [0.5, 0.6) is 5.75 Å². The van der Waals surface area contributed by atoms with Gasteiger partial charge in [0.05, 0.1) is 44.6 Å². The van der Waals surface area contributed by atoms with Gasteiger partial charge >= 0.3 is 0 Å². The van der Waals surface area contributed by atoms with Gasteiger partial charge in [-0.15, -0.1) is 11.8 Å². The third-order valence-corrected chi connectivity index (χ3v) is 6.57. The molecule has 0 fully saturated rings. The number of thiazole rings is 1. The first-order chi connectivity index (χ1) is 13.5. The molecular formula is C21H26N3O2S2+. The number of carbonyl (C=O) groups is 1. The molecule has 148 valence electrons. The van der Waals surface area contributed by atoms with E-state index in [1.165, 1.54) is 4.90 Å². The maximum Gasteiger partial charge on any atom is 0.261 e. The van der Waals surface area contributed by atoms with Crippen LogP contribution >= 0.6 is 23.1 Å². The Kier molecular flexibility index (Phi) is 6.59. The van der Waals surface area contributed by atoms with E-state index in [-0.39, 0.29) is 5.91 Å². The highest BCUT2D eigenvalue weighted by Gasteiger charge is 2.25. The van der Waals surface area contributed by atoms with Gasteiger partial charge in [-0.1, -0.05) is 29.5 Å². The number of fused-ring (bicyclic) bond motifs is 1. The Morgan fingerprint density at radius 1 is 1.25 bits per heavy atom. The van der Waals surface area contributed by atoms with Crippen molar-refractivity contribution in [2.24, 2.45) is 0 Å². The molecule has 0 bridgehead atoms. The van der Waals surface area contributed by atoms with E-state index in [0.29, 0.717) is 17.2 Å². The molecule has 0 aliphatic rings. The van der Waals surface area contributed by atoms with Crippen LogP contribution in [-0.4, -0.2) is 51.4 Å². The van der Waals surface area contributed by atoms with Gasteiger partial charge in [-0.05, 0) is 36.9 Å². The summed E-state index contributed by atoms with van der Waals surface area (Å²) >= 11 is 3.13. The van der Waals surface area contributed by atoms with Crippen LogP contribution in [0.25, 0.3) is 10.2 Å². The molecule has 0 aliphatic heterocycles. The fraction of sp³-hybridized carbons (Fsp3) is 0.333. The third kappa shape index (κ3) is 4.16. The van der Waals surface area contributed by atoms with E-state index in [4.69, 9.17) is 9.72 Å². The van der Waals surface area contributed by atoms with Crippen LogP contribution in [0.3, 0.4) is 0 Å². The maximum absolute atomic E-state index is 13.5. The van der Waals surface area contributed by atoms with Gasteiger partial charge in [0, 0.05) is 4.90 Å². The monoisotopic (exact) mass is 416 g/mol. The maximum atomic E-state index is 13.5. The quantitative estimate of drug-likeness (QED) is 0.601. The number of amides is 1. The summed E-state index contributed by atoms with van der Waals surface area (Å²) in [7, 11) is 5.82. The molecule has 0 unspecified atom stereocenters. The second kappa shape index (κ2) is 8.94. The van der Waals surface area contributed by atoms with E-state index < -0.39 is 0 Å². The second-order valence-corrected chi connectivity index (χ2v) is 8.70. The van der Waals surface area contributed by atoms with Crippen molar-refractivity contribution >= 4 is 44.4 Å². The van der Waals surface area contributed by atoms with Crippen molar-refractivity contribution < 1.29 is 14.4 Å². The Labute approximate surface area is 174 Å². The minimum atomic E-state index is -0.0122. The van der Waals surface area contributed by atoms with E-state index in [9.17, 15) is 4.79 Å². The number of rotatable bonds is 7. The second-order valence-electron chi connectivity index (χ2n) is 6.87. The lowest BCUT2D eigenvalue weighted by Gasteiger charge is -2.21. The SMILES string of the molecule is COc1ccc(C)c2sc(N(CC[NH+](C)C)C(=O)c3ccccc3SC)nc12. The van der Waals surface area contributed by atoms with Crippen molar-refractivity contribution in [3.63, 3.8) is 0 Å². The van der Waals surface area contributed by atoms with Gasteiger partial charge in [0.15, 0.2) is 5.13 Å². The number of nitrogens with one attached hydrogen (secondary N) is 1. The normalized spacial score (nSPS) is 11.2. The van der Waals surface area contributed by atoms with Crippen LogP contribution in [0.15, 0.2) is 41.3 Å². The molecule has 28 heavy (non-hydrogen) atoms. The molecule has 0 spiro atoms. The molecule has 0 saturated carbocycles. The predicted octanol–water partition coefficient (Wildman–Crippen LogP) is 3.13. The molecule has 1 aromatic heterocycles. The molecule has 0 radical (unpaired) electrons. The highest BCUT2D eigenvalue weighted by molar-refractivity contribution is 7.98. The predicted molar refractivity (Wildman–Crippen MR) is 118 cm³/mol. The topological polar surface area (TPSA) is 46.9 Å². The molecule has 7 heteroatoms. The Hall–Kier alpha value is -2.09. The zero-order valence-corrected chi connectivity index (χ0v) is 18.5. The standard InChI is InChI=1S/C21H25N3O2S2/c1-14-10-11-16(26-4)18-19(14)28-21(22-18)24(13-12-23(2)3)20(25)15-8-6-7-9-17(15)27-5/h6-11H,12-13H2,1-5H3/p+1. The molecule has 1 amide bonds. The Balaban J connectivity index is 2.09. The fourth-order valence-electron chi connectivity index (χ4n) is 2.96. The summed E-state index contributed by atoms with van der Waals surface area (Å²) in [5.74, 6) is 0.722. The summed E-state index contributed by atoms with van der Waals surface area (Å²) in [4.78, 5) is 22.4. The molecule has 0 aliphatic carbocycles. The zero-order valence-electron chi connectivity index (χ0n) is 16.9. The summed E-state index contributed by atoms with van der Waals surface area (Å²) in [5, 5.41) is 0.713. The van der Waals surface area contributed by atoms with Gasteiger partial charge in [-0.2, -0.15) is 0 Å². The summed E-state index contributed by atoms with van der Waals surface area (Å²) in [5.41, 5.74) is 2.66. The van der Waals surface area contributed by atoms with E-state index in [2.05, 4.69) is 21.0 Å². The number of carbonyl (C=O) groups excluding carboxylic acids is 1. The van der Waals surface area contributed by atoms with Crippen LogP contribution < -0.4 is 14.5 Å². The number of likely N-dealkylation sites (N-methyl/N-ethyl adjacent to an activating group) is 1. The molecule has 3 rings (SSSR count). The number of quaternary nitrogens is 1. The van der Waals surface area contributed by atoms with Crippen LogP contribution in [0.4, 0.5) is 5.13 Å². The summed E-state index contributed by atoms with van der Waals surface area (Å²) in [6.07, 6.45) is 1.99. The van der Waals surface area contributed by atoms with Crippen LogP contribution in [0.1, 0.15) is 15.9 Å². The summed E-state index contributed by atoms with van der Waals surface area (Å²) in [6, 6.07) is 11.7. The minimum absolute atomic E-state index is 0.0122. The largest absolute Gasteiger partial charge is 0.494 e. The number of benzene rings is 2. The fourth-order valence-corrected chi connectivity index (χ4v) is 4.63. The Bertz CT molecular complexity index is 985. The smallest absolute Gasteiger partial charge is 0.261 e. The number of nitrogens with zero attached hydrogens (tertiary/aromatic N) is 2. The number of ether oxygens (including phenoxy) is 1. The number of aryl methyl sites for hydroxylation is 1. The zero-order chi connectivity index (χ0) is 20.3. The van der Waals surface area contributed by atoms with E-state index >= 15 is 0 Å². The first kappa shape index (κ1) is 20.6. The van der Waals surface area contributed by atoms with Crippen molar-refractivity contribution in [1.29, 1.82) is 0 Å². The molecule has 0 saturated heterocycles. The number of aromatic nitrogens is 1. The number of anilines is 1.